The summed E-state index contributed by atoms with van der Waals surface area (Å²) < 4.78 is 5.88. The van der Waals surface area contributed by atoms with Crippen molar-refractivity contribution < 1.29 is 4.74 Å². The number of nitrogens with zero attached hydrogens (tertiary/aromatic N) is 1. The molecule has 2 rings (SSSR count). The molecule has 1 fully saturated rings. The van der Waals surface area contributed by atoms with Gasteiger partial charge in [-0.05, 0) is 57.5 Å². The van der Waals surface area contributed by atoms with Gasteiger partial charge in [0.25, 0.3) is 0 Å². The number of aryl methyl sites for hydroxylation is 1. The minimum atomic E-state index is 0.789. The van der Waals surface area contributed by atoms with E-state index in [2.05, 4.69) is 35.3 Å². The second-order valence-electron chi connectivity index (χ2n) is 5.48. The summed E-state index contributed by atoms with van der Waals surface area (Å²) in [6.07, 6.45) is 2.67. The van der Waals surface area contributed by atoms with Gasteiger partial charge in [-0.3, -0.25) is 4.90 Å². The highest BCUT2D eigenvalue weighted by Gasteiger charge is 2.18. The molecule has 0 amide bonds. The van der Waals surface area contributed by atoms with Crippen molar-refractivity contribution in [3.05, 3.63) is 29.8 Å². The molecule has 1 N–H and O–H groups in total. The minimum Gasteiger partial charge on any atom is -0.492 e. The first kappa shape index (κ1) is 14.4. The van der Waals surface area contributed by atoms with E-state index in [1.807, 2.05) is 13.1 Å². The largest absolute Gasteiger partial charge is 0.492 e. The zero-order valence-corrected chi connectivity index (χ0v) is 12.2. The van der Waals surface area contributed by atoms with Crippen LogP contribution in [-0.4, -0.2) is 44.7 Å². The summed E-state index contributed by atoms with van der Waals surface area (Å²) in [5.41, 5.74) is 1.22. The van der Waals surface area contributed by atoms with Gasteiger partial charge in [0.1, 0.15) is 12.4 Å². The van der Waals surface area contributed by atoms with Gasteiger partial charge in [0.05, 0.1) is 0 Å². The maximum absolute atomic E-state index is 5.88. The van der Waals surface area contributed by atoms with Crippen LogP contribution in [0.3, 0.4) is 0 Å². The van der Waals surface area contributed by atoms with Crippen LogP contribution >= 0.6 is 0 Å². The molecule has 0 spiro atoms. The Morgan fingerprint density at radius 3 is 3.00 bits per heavy atom. The Morgan fingerprint density at radius 2 is 2.21 bits per heavy atom. The van der Waals surface area contributed by atoms with E-state index in [0.717, 1.165) is 31.4 Å². The van der Waals surface area contributed by atoms with E-state index in [9.17, 15) is 0 Å². The van der Waals surface area contributed by atoms with Gasteiger partial charge in [-0.2, -0.15) is 0 Å². The first-order chi connectivity index (χ1) is 9.29. The molecular weight excluding hydrogens is 236 g/mol. The SMILES string of the molecule is CNCC1CCCN(CCOc2ccccc2C)C1. The highest BCUT2D eigenvalue weighted by molar-refractivity contribution is 5.31. The summed E-state index contributed by atoms with van der Waals surface area (Å²) in [5, 5.41) is 3.29. The number of piperidine rings is 1. The monoisotopic (exact) mass is 262 g/mol. The molecule has 1 aliphatic heterocycles. The van der Waals surface area contributed by atoms with E-state index in [1.165, 1.54) is 31.5 Å². The lowest BCUT2D eigenvalue weighted by atomic mass is 9.98. The Bertz CT molecular complexity index is 379. The molecule has 0 aliphatic carbocycles. The maximum Gasteiger partial charge on any atom is 0.122 e. The van der Waals surface area contributed by atoms with Crippen molar-refractivity contribution in [2.45, 2.75) is 19.8 Å². The average Bonchev–Trinajstić information content (AvgIpc) is 2.42. The molecule has 19 heavy (non-hydrogen) atoms. The van der Waals surface area contributed by atoms with Gasteiger partial charge in [0.2, 0.25) is 0 Å². The van der Waals surface area contributed by atoms with E-state index in [4.69, 9.17) is 4.74 Å². The second kappa shape index (κ2) is 7.51. The molecule has 1 aromatic carbocycles. The highest BCUT2D eigenvalue weighted by Crippen LogP contribution is 2.17. The van der Waals surface area contributed by atoms with Crippen molar-refractivity contribution in [2.24, 2.45) is 5.92 Å². The quantitative estimate of drug-likeness (QED) is 0.851. The van der Waals surface area contributed by atoms with Gasteiger partial charge in [-0.1, -0.05) is 18.2 Å². The smallest absolute Gasteiger partial charge is 0.122 e. The van der Waals surface area contributed by atoms with Crippen LogP contribution in [0.5, 0.6) is 5.75 Å². The van der Waals surface area contributed by atoms with Gasteiger partial charge < -0.3 is 10.1 Å². The average molecular weight is 262 g/mol. The first-order valence-corrected chi connectivity index (χ1v) is 7.35. The number of benzene rings is 1. The van der Waals surface area contributed by atoms with Gasteiger partial charge in [-0.25, -0.2) is 0 Å². The van der Waals surface area contributed by atoms with Crippen LogP contribution < -0.4 is 10.1 Å². The van der Waals surface area contributed by atoms with Crippen molar-refractivity contribution in [3.63, 3.8) is 0 Å². The van der Waals surface area contributed by atoms with Crippen LogP contribution in [0.1, 0.15) is 18.4 Å². The highest BCUT2D eigenvalue weighted by atomic mass is 16.5. The van der Waals surface area contributed by atoms with Gasteiger partial charge in [-0.15, -0.1) is 0 Å². The Morgan fingerprint density at radius 1 is 1.37 bits per heavy atom. The molecular formula is C16H26N2O. The standard InChI is InChI=1S/C16H26N2O/c1-14-6-3-4-8-16(14)19-11-10-18-9-5-7-15(13-18)12-17-2/h3-4,6,8,15,17H,5,7,9-13H2,1-2H3. The summed E-state index contributed by atoms with van der Waals surface area (Å²) in [6, 6.07) is 8.23. The zero-order chi connectivity index (χ0) is 13.5. The van der Waals surface area contributed by atoms with Gasteiger partial charge in [0.15, 0.2) is 0 Å². The second-order valence-corrected chi connectivity index (χ2v) is 5.48. The predicted octanol–water partition coefficient (Wildman–Crippen LogP) is 2.31. The Hall–Kier alpha value is -1.06. The molecule has 1 aromatic rings. The van der Waals surface area contributed by atoms with Crippen molar-refractivity contribution in [3.8, 4) is 5.75 Å². The Balaban J connectivity index is 1.72. The fraction of sp³-hybridized carbons (Fsp3) is 0.625. The number of likely N-dealkylation sites (tertiary alicyclic amines) is 1. The fourth-order valence-electron chi connectivity index (χ4n) is 2.81. The summed E-state index contributed by atoms with van der Waals surface area (Å²) in [4.78, 5) is 2.53. The normalized spacial score (nSPS) is 20.4. The molecule has 1 unspecified atom stereocenters. The Labute approximate surface area is 116 Å². The maximum atomic E-state index is 5.88. The third-order valence-corrected chi connectivity index (χ3v) is 3.85. The molecule has 1 atom stereocenters. The topological polar surface area (TPSA) is 24.5 Å². The van der Waals surface area contributed by atoms with Crippen molar-refractivity contribution in [1.82, 2.24) is 10.2 Å². The predicted molar refractivity (Wildman–Crippen MR) is 79.8 cm³/mol. The summed E-state index contributed by atoms with van der Waals surface area (Å²) in [5.74, 6) is 1.82. The van der Waals surface area contributed by atoms with Gasteiger partial charge >= 0.3 is 0 Å². The third kappa shape index (κ3) is 4.51. The van der Waals surface area contributed by atoms with Crippen molar-refractivity contribution in [2.75, 3.05) is 39.8 Å². The number of ether oxygens (including phenoxy) is 1. The minimum absolute atomic E-state index is 0.789. The summed E-state index contributed by atoms with van der Waals surface area (Å²) in [7, 11) is 2.04. The number of hydrogen-bond acceptors (Lipinski definition) is 3. The molecule has 0 radical (unpaired) electrons. The van der Waals surface area contributed by atoms with Crippen LogP contribution in [0.15, 0.2) is 24.3 Å². The van der Waals surface area contributed by atoms with E-state index in [0.29, 0.717) is 0 Å². The van der Waals surface area contributed by atoms with E-state index in [1.54, 1.807) is 0 Å². The molecule has 1 aliphatic rings. The lowest BCUT2D eigenvalue weighted by molar-refractivity contribution is 0.146. The van der Waals surface area contributed by atoms with Crippen molar-refractivity contribution in [1.29, 1.82) is 0 Å². The Kier molecular flexibility index (Phi) is 5.67. The number of hydrogen-bond donors (Lipinski definition) is 1. The number of rotatable bonds is 6. The van der Waals surface area contributed by atoms with Crippen LogP contribution in [0.2, 0.25) is 0 Å². The van der Waals surface area contributed by atoms with E-state index >= 15 is 0 Å². The lowest BCUT2D eigenvalue weighted by Gasteiger charge is -2.32. The molecule has 1 heterocycles. The molecule has 1 saturated heterocycles. The van der Waals surface area contributed by atoms with E-state index in [-0.39, 0.29) is 0 Å². The van der Waals surface area contributed by atoms with E-state index < -0.39 is 0 Å². The summed E-state index contributed by atoms with van der Waals surface area (Å²) >= 11 is 0. The van der Waals surface area contributed by atoms with Crippen LogP contribution in [0, 0.1) is 12.8 Å². The zero-order valence-electron chi connectivity index (χ0n) is 12.2. The lowest BCUT2D eigenvalue weighted by Crippen LogP contribution is -2.40. The summed E-state index contributed by atoms with van der Waals surface area (Å²) in [6.45, 7) is 7.48. The fourth-order valence-corrected chi connectivity index (χ4v) is 2.81. The van der Waals surface area contributed by atoms with Gasteiger partial charge in [0, 0.05) is 13.1 Å². The van der Waals surface area contributed by atoms with Crippen LogP contribution in [0.4, 0.5) is 0 Å². The van der Waals surface area contributed by atoms with Crippen LogP contribution in [0.25, 0.3) is 0 Å². The number of nitrogens with one attached hydrogen (secondary N) is 1. The molecule has 3 heteroatoms. The third-order valence-electron chi connectivity index (χ3n) is 3.85. The molecule has 0 aromatic heterocycles. The van der Waals surface area contributed by atoms with Crippen LogP contribution in [-0.2, 0) is 0 Å². The molecule has 0 bridgehead atoms. The number of para-hydroxylation sites is 1. The first-order valence-electron chi connectivity index (χ1n) is 7.35. The van der Waals surface area contributed by atoms with Crippen molar-refractivity contribution >= 4 is 0 Å². The molecule has 3 nitrogen and oxygen atoms in total. The molecule has 106 valence electrons. The molecule has 0 saturated carbocycles.